The fraction of sp³-hybridized carbons (Fsp3) is 0.871. The van der Waals surface area contributed by atoms with Gasteiger partial charge < -0.3 is 9.84 Å². The lowest BCUT2D eigenvalue weighted by atomic mass is 9.33. The molecule has 4 heteroatoms. The Morgan fingerprint density at radius 1 is 0.914 bits per heavy atom. The molecule has 4 nitrogen and oxygen atoms in total. The van der Waals surface area contributed by atoms with E-state index in [0.29, 0.717) is 24.2 Å². The smallest absolute Gasteiger partial charge is 0.302 e. The van der Waals surface area contributed by atoms with Gasteiger partial charge in [0.15, 0.2) is 5.78 Å². The average molecular weight is 485 g/mol. The highest BCUT2D eigenvalue weighted by Gasteiger charge is 2.70. The van der Waals surface area contributed by atoms with Gasteiger partial charge in [0.05, 0.1) is 5.60 Å². The van der Waals surface area contributed by atoms with Gasteiger partial charge in [-0.2, -0.15) is 0 Å². The van der Waals surface area contributed by atoms with Crippen LogP contribution in [0.25, 0.3) is 0 Å². The Morgan fingerprint density at radius 3 is 2.23 bits per heavy atom. The number of hydrogen-bond donors (Lipinski definition) is 1. The zero-order valence-electron chi connectivity index (χ0n) is 23.4. The van der Waals surface area contributed by atoms with E-state index in [9.17, 15) is 14.7 Å². The van der Waals surface area contributed by atoms with E-state index in [1.165, 1.54) is 6.42 Å². The average Bonchev–Trinajstić information content (AvgIpc) is 3.01. The number of carbonyl (C=O) groups excluding carboxylic acids is 2. The van der Waals surface area contributed by atoms with Crippen LogP contribution in [-0.2, 0) is 14.3 Å². The van der Waals surface area contributed by atoms with Gasteiger partial charge in [0.1, 0.15) is 6.10 Å². The Labute approximate surface area is 212 Å². The van der Waals surface area contributed by atoms with Crippen molar-refractivity contribution in [3.63, 3.8) is 0 Å². The van der Waals surface area contributed by atoms with Crippen LogP contribution in [0.5, 0.6) is 0 Å². The third-order valence-corrected chi connectivity index (χ3v) is 12.6. The first-order valence-electron chi connectivity index (χ1n) is 14.3. The minimum Gasteiger partial charge on any atom is -0.462 e. The lowest BCUT2D eigenvalue weighted by Gasteiger charge is -2.71. The molecule has 196 valence electrons. The molecule has 0 aliphatic heterocycles. The summed E-state index contributed by atoms with van der Waals surface area (Å²) in [7, 11) is 0. The summed E-state index contributed by atoms with van der Waals surface area (Å²) < 4.78 is 5.87. The maximum absolute atomic E-state index is 13.1. The molecule has 0 unspecified atom stereocenters. The second kappa shape index (κ2) is 7.68. The van der Waals surface area contributed by atoms with Crippen molar-refractivity contribution >= 4 is 11.8 Å². The predicted octanol–water partition coefficient (Wildman–Crippen LogP) is 6.64. The highest BCUT2D eigenvalue weighted by molar-refractivity contribution is 6.01. The van der Waals surface area contributed by atoms with Crippen LogP contribution in [0.1, 0.15) is 113 Å². The number of ketones is 1. The first-order chi connectivity index (χ1) is 16.1. The molecule has 5 aliphatic carbocycles. The molecule has 5 aliphatic rings. The van der Waals surface area contributed by atoms with Crippen molar-refractivity contribution in [1.82, 2.24) is 0 Å². The van der Waals surface area contributed by atoms with Gasteiger partial charge in [0.2, 0.25) is 0 Å². The minimum atomic E-state index is -0.907. The molecule has 0 heterocycles. The van der Waals surface area contributed by atoms with Crippen LogP contribution in [0.2, 0.25) is 0 Å². The van der Waals surface area contributed by atoms with E-state index >= 15 is 0 Å². The van der Waals surface area contributed by atoms with Gasteiger partial charge >= 0.3 is 5.97 Å². The van der Waals surface area contributed by atoms with Gasteiger partial charge in [-0.15, -0.1) is 0 Å². The summed E-state index contributed by atoms with van der Waals surface area (Å²) in [5, 5.41) is 11.7. The minimum absolute atomic E-state index is 0.00213. The number of aliphatic hydroxyl groups is 1. The van der Waals surface area contributed by atoms with Crippen LogP contribution in [-0.4, -0.2) is 28.6 Å². The molecule has 0 aromatic rings. The summed E-state index contributed by atoms with van der Waals surface area (Å²) in [5.41, 5.74) is 1.63. The quantitative estimate of drug-likeness (QED) is 0.446. The van der Waals surface area contributed by atoms with Gasteiger partial charge in [-0.1, -0.05) is 48.5 Å². The number of ether oxygens (including phenoxy) is 1. The van der Waals surface area contributed by atoms with Crippen LogP contribution >= 0.6 is 0 Å². The summed E-state index contributed by atoms with van der Waals surface area (Å²) in [6.45, 7) is 18.1. The van der Waals surface area contributed by atoms with Crippen LogP contribution in [0.15, 0.2) is 11.1 Å². The number of allylic oxidation sites excluding steroid dienone is 1. The fourth-order valence-corrected chi connectivity index (χ4v) is 10.9. The standard InChI is InChI=1S/C31H48O4/c1-18(2)25-21(33)17-31(34)16-15-29(7)20(26(25)31)9-10-23-28(6)13-12-24(35-19(3)32)27(4,5)22(28)11-14-30(23,29)8/h18,20,22-24,34H,9-17H2,1-8H3/t20-,22+,23-,24+,28+,29-,30-,31-/m1/s1. The van der Waals surface area contributed by atoms with Crippen LogP contribution in [0.3, 0.4) is 0 Å². The van der Waals surface area contributed by atoms with Crippen molar-refractivity contribution in [1.29, 1.82) is 0 Å². The van der Waals surface area contributed by atoms with Crippen molar-refractivity contribution in [2.75, 3.05) is 0 Å². The van der Waals surface area contributed by atoms with E-state index in [1.807, 2.05) is 0 Å². The Kier molecular flexibility index (Phi) is 5.59. The molecular formula is C31H48O4. The molecule has 0 spiro atoms. The predicted molar refractivity (Wildman–Crippen MR) is 137 cm³/mol. The second-order valence-corrected chi connectivity index (χ2v) is 14.7. The molecule has 8 atom stereocenters. The topological polar surface area (TPSA) is 63.6 Å². The molecule has 0 saturated heterocycles. The molecule has 0 bridgehead atoms. The summed E-state index contributed by atoms with van der Waals surface area (Å²) in [4.78, 5) is 25.0. The molecule has 0 amide bonds. The van der Waals surface area contributed by atoms with E-state index < -0.39 is 5.60 Å². The number of Topliss-reactive ketones (excluding diaryl/α,β-unsaturated/α-hetero) is 1. The number of fused-ring (bicyclic) bond motifs is 7. The summed E-state index contributed by atoms with van der Waals surface area (Å²) in [6, 6.07) is 0. The second-order valence-electron chi connectivity index (χ2n) is 14.7. The van der Waals surface area contributed by atoms with Gasteiger partial charge in [-0.25, -0.2) is 0 Å². The highest BCUT2D eigenvalue weighted by Crippen LogP contribution is 2.75. The Hall–Kier alpha value is -1.16. The van der Waals surface area contributed by atoms with Crippen LogP contribution in [0.4, 0.5) is 0 Å². The zero-order valence-corrected chi connectivity index (χ0v) is 23.4. The van der Waals surface area contributed by atoms with E-state index in [-0.39, 0.29) is 45.4 Å². The first-order valence-corrected chi connectivity index (χ1v) is 14.3. The van der Waals surface area contributed by atoms with Crippen molar-refractivity contribution in [2.24, 2.45) is 45.3 Å². The number of esters is 1. The fourth-order valence-electron chi connectivity index (χ4n) is 10.9. The molecular weight excluding hydrogens is 436 g/mol. The van der Waals surface area contributed by atoms with E-state index in [2.05, 4.69) is 48.5 Å². The van der Waals surface area contributed by atoms with Gasteiger partial charge in [0.25, 0.3) is 0 Å². The number of carbonyl (C=O) groups is 2. The molecule has 5 rings (SSSR count). The van der Waals surface area contributed by atoms with E-state index in [0.717, 1.165) is 56.1 Å². The lowest BCUT2D eigenvalue weighted by Crippen LogP contribution is -2.66. The molecule has 0 radical (unpaired) electrons. The third kappa shape index (κ3) is 3.20. The lowest BCUT2D eigenvalue weighted by molar-refractivity contribution is -0.234. The number of rotatable bonds is 2. The normalized spacial score (nSPS) is 48.7. The van der Waals surface area contributed by atoms with Crippen LogP contribution < -0.4 is 0 Å². The van der Waals surface area contributed by atoms with E-state index in [1.54, 1.807) is 6.92 Å². The zero-order chi connectivity index (χ0) is 25.8. The Balaban J connectivity index is 1.55. The molecule has 0 aromatic carbocycles. The largest absolute Gasteiger partial charge is 0.462 e. The SMILES string of the molecule is CC(=O)O[C@H]1CC[C@]2(C)[C@H]3CC[C@@H]4C5=C(C(C)C)C(=O)C[C@]5(O)CC[C@@]4(C)[C@]3(C)CC[C@H]2C1(C)C. The Bertz CT molecular complexity index is 976. The van der Waals surface area contributed by atoms with E-state index in [4.69, 9.17) is 4.74 Å². The number of hydrogen-bond acceptors (Lipinski definition) is 4. The van der Waals surface area contributed by atoms with Crippen molar-refractivity contribution in [3.05, 3.63) is 11.1 Å². The van der Waals surface area contributed by atoms with Gasteiger partial charge in [-0.05, 0) is 96.9 Å². The van der Waals surface area contributed by atoms with Crippen LogP contribution in [0, 0.1) is 45.3 Å². The molecule has 35 heavy (non-hydrogen) atoms. The molecule has 4 saturated carbocycles. The molecule has 4 fully saturated rings. The maximum atomic E-state index is 13.1. The monoisotopic (exact) mass is 484 g/mol. The molecule has 1 N–H and O–H groups in total. The summed E-state index contributed by atoms with van der Waals surface area (Å²) in [6.07, 6.45) is 8.67. The highest BCUT2D eigenvalue weighted by atomic mass is 16.5. The van der Waals surface area contributed by atoms with Gasteiger partial charge in [-0.3, -0.25) is 9.59 Å². The molecule has 0 aromatic heterocycles. The first kappa shape index (κ1) is 25.5. The van der Waals surface area contributed by atoms with Crippen molar-refractivity contribution < 1.29 is 19.4 Å². The van der Waals surface area contributed by atoms with Crippen molar-refractivity contribution in [3.8, 4) is 0 Å². The Morgan fingerprint density at radius 2 is 1.60 bits per heavy atom. The third-order valence-electron chi connectivity index (χ3n) is 12.6. The van der Waals surface area contributed by atoms with Gasteiger partial charge in [0, 0.05) is 24.3 Å². The summed E-state index contributed by atoms with van der Waals surface area (Å²) >= 11 is 0. The summed E-state index contributed by atoms with van der Waals surface area (Å²) in [5.74, 6) is 1.65. The maximum Gasteiger partial charge on any atom is 0.302 e. The van der Waals surface area contributed by atoms with Crippen molar-refractivity contribution in [2.45, 2.75) is 125 Å².